The van der Waals surface area contributed by atoms with E-state index in [1.165, 1.54) is 0 Å². The van der Waals surface area contributed by atoms with Crippen molar-refractivity contribution >= 4 is 50.8 Å². The van der Waals surface area contributed by atoms with Crippen LogP contribution in [0.1, 0.15) is 0 Å². The fourth-order valence-corrected chi connectivity index (χ4v) is 2.17. The van der Waals surface area contributed by atoms with E-state index in [2.05, 4.69) is 32.9 Å². The third kappa shape index (κ3) is 2.43. The molecule has 0 fully saturated rings. The van der Waals surface area contributed by atoms with Crippen LogP contribution in [0.25, 0.3) is 11.1 Å². The lowest BCUT2D eigenvalue weighted by molar-refractivity contribution is 0.555. The maximum Gasteiger partial charge on any atom is 0.417 e. The molecule has 6 heteroatoms. The first-order valence-electron chi connectivity index (χ1n) is 5.57. The highest BCUT2D eigenvalue weighted by molar-refractivity contribution is 14.1. The second-order valence-electron chi connectivity index (χ2n) is 4.08. The third-order valence-electron chi connectivity index (χ3n) is 2.71. The average Bonchev–Trinajstić information content (AvgIpc) is 2.72. The normalized spacial score (nSPS) is 10.8. The molecule has 19 heavy (non-hydrogen) atoms. The number of nitrogens with two attached hydrogens (primary N) is 1. The Bertz CT molecular complexity index is 790. The van der Waals surface area contributed by atoms with Crippen LogP contribution in [0, 0.1) is 3.57 Å². The van der Waals surface area contributed by atoms with E-state index in [0.29, 0.717) is 16.8 Å². The first-order chi connectivity index (χ1) is 9.11. The van der Waals surface area contributed by atoms with Crippen LogP contribution in [0.15, 0.2) is 45.6 Å². The number of fused-ring (bicyclic) bond motifs is 1. The van der Waals surface area contributed by atoms with Gasteiger partial charge in [0.1, 0.15) is 0 Å². The van der Waals surface area contributed by atoms with Gasteiger partial charge in [0.25, 0.3) is 0 Å². The van der Waals surface area contributed by atoms with E-state index in [1.54, 1.807) is 12.1 Å². The molecule has 3 aromatic rings. The number of nitrogen functional groups attached to an aromatic ring is 1. The molecule has 4 N–H and O–H groups in total. The van der Waals surface area contributed by atoms with Crippen molar-refractivity contribution in [3.8, 4) is 0 Å². The number of rotatable bonds is 2. The fourth-order valence-electron chi connectivity index (χ4n) is 1.81. The van der Waals surface area contributed by atoms with Gasteiger partial charge in [-0.1, -0.05) is 0 Å². The quantitative estimate of drug-likeness (QED) is 0.480. The van der Waals surface area contributed by atoms with Crippen molar-refractivity contribution in [2.45, 2.75) is 0 Å². The van der Waals surface area contributed by atoms with Gasteiger partial charge in [0.05, 0.1) is 16.9 Å². The van der Waals surface area contributed by atoms with Gasteiger partial charge in [-0.25, -0.2) is 4.79 Å². The lowest BCUT2D eigenvalue weighted by Crippen LogP contribution is -1.96. The second kappa shape index (κ2) is 4.61. The summed E-state index contributed by atoms with van der Waals surface area (Å²) >= 11 is 2.24. The largest absolute Gasteiger partial charge is 0.417 e. The average molecular weight is 367 g/mol. The van der Waals surface area contributed by atoms with Crippen LogP contribution in [-0.2, 0) is 0 Å². The van der Waals surface area contributed by atoms with Crippen LogP contribution in [0.5, 0.6) is 0 Å². The molecule has 0 saturated carbocycles. The molecule has 0 saturated heterocycles. The molecule has 1 heterocycles. The zero-order valence-electron chi connectivity index (χ0n) is 9.74. The maximum absolute atomic E-state index is 11.1. The van der Waals surface area contributed by atoms with E-state index in [9.17, 15) is 4.79 Å². The predicted molar refractivity (Wildman–Crippen MR) is 83.7 cm³/mol. The van der Waals surface area contributed by atoms with Crippen molar-refractivity contribution in [1.29, 1.82) is 0 Å². The van der Waals surface area contributed by atoms with Crippen molar-refractivity contribution in [2.75, 3.05) is 11.1 Å². The van der Waals surface area contributed by atoms with Crippen molar-refractivity contribution < 1.29 is 4.42 Å². The van der Waals surface area contributed by atoms with E-state index in [0.717, 1.165) is 14.9 Å². The molecule has 3 rings (SSSR count). The molecule has 5 nitrogen and oxygen atoms in total. The topological polar surface area (TPSA) is 84.0 Å². The molecule has 0 amide bonds. The molecule has 0 unspecified atom stereocenters. The number of anilines is 3. The molecule has 0 atom stereocenters. The second-order valence-corrected chi connectivity index (χ2v) is 5.33. The van der Waals surface area contributed by atoms with Gasteiger partial charge in [0.2, 0.25) is 0 Å². The van der Waals surface area contributed by atoms with Crippen LogP contribution < -0.4 is 16.8 Å². The van der Waals surface area contributed by atoms with Crippen LogP contribution >= 0.6 is 22.6 Å². The van der Waals surface area contributed by atoms with Gasteiger partial charge in [-0.3, -0.25) is 4.98 Å². The Labute approximate surface area is 121 Å². The zero-order valence-corrected chi connectivity index (χ0v) is 11.9. The molecule has 0 spiro atoms. The minimum absolute atomic E-state index is 0.454. The number of hydrogen-bond donors (Lipinski definition) is 3. The summed E-state index contributed by atoms with van der Waals surface area (Å²) in [5.74, 6) is -0.485. The summed E-state index contributed by atoms with van der Waals surface area (Å²) < 4.78 is 6.11. The SMILES string of the molecule is Nc1cc2oc(=O)[nH]c2cc1Nc1ccc(I)cc1. The van der Waals surface area contributed by atoms with Gasteiger partial charge >= 0.3 is 5.76 Å². The van der Waals surface area contributed by atoms with Gasteiger partial charge in [0.15, 0.2) is 5.58 Å². The smallest absolute Gasteiger partial charge is 0.408 e. The molecule has 0 bridgehead atoms. The van der Waals surface area contributed by atoms with Crippen LogP contribution in [0.3, 0.4) is 0 Å². The Balaban J connectivity index is 2.02. The molecule has 1 aromatic heterocycles. The third-order valence-corrected chi connectivity index (χ3v) is 3.43. The molecule has 0 radical (unpaired) electrons. The molecule has 0 aliphatic heterocycles. The zero-order chi connectivity index (χ0) is 13.4. The van der Waals surface area contributed by atoms with Crippen LogP contribution in [0.4, 0.5) is 17.1 Å². The van der Waals surface area contributed by atoms with E-state index in [1.807, 2.05) is 24.3 Å². The number of halogens is 1. The highest BCUT2D eigenvalue weighted by Crippen LogP contribution is 2.27. The van der Waals surface area contributed by atoms with E-state index >= 15 is 0 Å². The first-order valence-corrected chi connectivity index (χ1v) is 6.64. The Morgan fingerprint density at radius 1 is 1.21 bits per heavy atom. The van der Waals surface area contributed by atoms with Crippen molar-refractivity contribution in [3.63, 3.8) is 0 Å². The minimum Gasteiger partial charge on any atom is -0.408 e. The first kappa shape index (κ1) is 12.1. The van der Waals surface area contributed by atoms with Crippen molar-refractivity contribution in [1.82, 2.24) is 4.98 Å². The van der Waals surface area contributed by atoms with Gasteiger partial charge in [-0.2, -0.15) is 0 Å². The minimum atomic E-state index is -0.485. The summed E-state index contributed by atoms with van der Waals surface area (Å²) in [5, 5.41) is 3.21. The van der Waals surface area contributed by atoms with Crippen molar-refractivity contribution in [3.05, 3.63) is 50.5 Å². The Morgan fingerprint density at radius 3 is 2.68 bits per heavy atom. The molecular formula is C13H10IN3O2. The Kier molecular flexibility index (Phi) is 2.94. The van der Waals surface area contributed by atoms with Gasteiger partial charge < -0.3 is 15.5 Å². The number of aromatic nitrogens is 1. The molecule has 0 aliphatic carbocycles. The number of H-pyrrole nitrogens is 1. The number of nitrogens with one attached hydrogen (secondary N) is 2. The summed E-state index contributed by atoms with van der Waals surface area (Å²) in [7, 11) is 0. The molecule has 2 aromatic carbocycles. The van der Waals surface area contributed by atoms with E-state index in [4.69, 9.17) is 10.2 Å². The maximum atomic E-state index is 11.1. The number of oxazole rings is 1. The lowest BCUT2D eigenvalue weighted by Gasteiger charge is -2.09. The van der Waals surface area contributed by atoms with E-state index < -0.39 is 5.76 Å². The monoisotopic (exact) mass is 367 g/mol. The number of benzene rings is 2. The Hall–Kier alpha value is -1.96. The molecule has 96 valence electrons. The van der Waals surface area contributed by atoms with E-state index in [-0.39, 0.29) is 0 Å². The van der Waals surface area contributed by atoms with Gasteiger partial charge in [-0.05, 0) is 52.9 Å². The predicted octanol–water partition coefficient (Wildman–Crippen LogP) is 3.05. The molecular weight excluding hydrogens is 357 g/mol. The highest BCUT2D eigenvalue weighted by Gasteiger charge is 2.07. The number of hydrogen-bond acceptors (Lipinski definition) is 4. The summed E-state index contributed by atoms with van der Waals surface area (Å²) in [6.07, 6.45) is 0. The van der Waals surface area contributed by atoms with Gasteiger partial charge in [0, 0.05) is 15.3 Å². The van der Waals surface area contributed by atoms with Crippen molar-refractivity contribution in [2.24, 2.45) is 0 Å². The lowest BCUT2D eigenvalue weighted by atomic mass is 10.2. The van der Waals surface area contributed by atoms with Crippen LogP contribution in [0.2, 0.25) is 0 Å². The fraction of sp³-hybridized carbons (Fsp3) is 0. The highest BCUT2D eigenvalue weighted by atomic mass is 127. The molecule has 0 aliphatic rings. The summed E-state index contributed by atoms with van der Waals surface area (Å²) in [6.45, 7) is 0. The summed E-state index contributed by atoms with van der Waals surface area (Å²) in [5.41, 5.74) is 9.18. The number of aromatic amines is 1. The standard InChI is InChI=1S/C13H10IN3O2/c14-7-1-3-8(4-2-7)16-10-6-11-12(5-9(10)15)19-13(18)17-11/h1-6,16H,15H2,(H,17,18). The summed E-state index contributed by atoms with van der Waals surface area (Å²) in [4.78, 5) is 13.7. The Morgan fingerprint density at radius 2 is 1.95 bits per heavy atom. The summed E-state index contributed by atoms with van der Waals surface area (Å²) in [6, 6.07) is 11.3. The van der Waals surface area contributed by atoms with Crippen LogP contribution in [-0.4, -0.2) is 4.98 Å². The van der Waals surface area contributed by atoms with Gasteiger partial charge in [-0.15, -0.1) is 0 Å².